The Kier molecular flexibility index (Phi) is 3.33. The zero-order valence-electron chi connectivity index (χ0n) is 10.8. The Hall–Kier alpha value is -1.34. The predicted molar refractivity (Wildman–Crippen MR) is 65.3 cm³/mol. The Bertz CT molecular complexity index is 487. The Morgan fingerprint density at radius 2 is 2.00 bits per heavy atom. The summed E-state index contributed by atoms with van der Waals surface area (Å²) < 4.78 is 49.4. The molecule has 4 nitrogen and oxygen atoms in total. The molecule has 0 atom stereocenters. The van der Waals surface area contributed by atoms with Crippen LogP contribution in [0.5, 0.6) is 0 Å². The summed E-state index contributed by atoms with van der Waals surface area (Å²) in [6.07, 6.45) is -1.60. The lowest BCUT2D eigenvalue weighted by molar-refractivity contribution is -0.161. The quantitative estimate of drug-likeness (QED) is 0.795. The van der Waals surface area contributed by atoms with E-state index < -0.39 is 17.5 Å². The minimum absolute atomic E-state index is 0.318. The van der Waals surface area contributed by atoms with Gasteiger partial charge in [-0.2, -0.15) is 13.2 Å². The minimum atomic E-state index is -4.36. The van der Waals surface area contributed by atoms with Crippen LogP contribution < -0.4 is 4.90 Å². The third-order valence-corrected chi connectivity index (χ3v) is 3.63. The fraction of sp³-hybridized carbons (Fsp3) is 0.615. The van der Waals surface area contributed by atoms with Gasteiger partial charge in [-0.1, -0.05) is 0 Å². The monoisotopic (exact) mass is 288 g/mol. The summed E-state index contributed by atoms with van der Waals surface area (Å²) in [4.78, 5) is 5.84. The molecule has 0 amide bonds. The molecule has 0 N–H and O–H groups in total. The number of ether oxygens (including phenoxy) is 2. The Balaban J connectivity index is 1.82. The minimum Gasteiger partial charge on any atom is -0.351 e. The van der Waals surface area contributed by atoms with Gasteiger partial charge in [0.1, 0.15) is 5.82 Å². The van der Waals surface area contributed by atoms with E-state index in [1.807, 2.05) is 0 Å². The molecular weight excluding hydrogens is 273 g/mol. The van der Waals surface area contributed by atoms with E-state index in [2.05, 4.69) is 4.98 Å². The second-order valence-corrected chi connectivity index (χ2v) is 5.03. The SMILES string of the molecule is FC(F)(F)c1ccnc(N2CCCC3(C2)OCCO3)c1. The van der Waals surface area contributed by atoms with Gasteiger partial charge in [0.05, 0.1) is 25.3 Å². The van der Waals surface area contributed by atoms with Crippen molar-refractivity contribution >= 4 is 5.82 Å². The molecule has 1 spiro atoms. The topological polar surface area (TPSA) is 34.6 Å². The van der Waals surface area contributed by atoms with Gasteiger partial charge in [-0.15, -0.1) is 0 Å². The number of piperidine rings is 1. The third-order valence-electron chi connectivity index (χ3n) is 3.63. The molecule has 0 bridgehead atoms. The number of hydrogen-bond acceptors (Lipinski definition) is 4. The van der Waals surface area contributed by atoms with Gasteiger partial charge in [0.15, 0.2) is 5.79 Å². The van der Waals surface area contributed by atoms with E-state index in [4.69, 9.17) is 9.47 Å². The Morgan fingerprint density at radius 1 is 1.25 bits per heavy atom. The van der Waals surface area contributed by atoms with Crippen LogP contribution in [0, 0.1) is 0 Å². The molecule has 2 aliphatic heterocycles. The third kappa shape index (κ3) is 2.60. The summed E-state index contributed by atoms with van der Waals surface area (Å²) >= 11 is 0. The van der Waals surface area contributed by atoms with Crippen LogP contribution in [0.2, 0.25) is 0 Å². The number of nitrogens with zero attached hydrogens (tertiary/aromatic N) is 2. The lowest BCUT2D eigenvalue weighted by Gasteiger charge is -2.39. The van der Waals surface area contributed by atoms with E-state index in [9.17, 15) is 13.2 Å². The number of alkyl halides is 3. The van der Waals surface area contributed by atoms with Gasteiger partial charge < -0.3 is 14.4 Å². The van der Waals surface area contributed by atoms with E-state index in [-0.39, 0.29) is 0 Å². The molecule has 0 aliphatic carbocycles. The first-order valence-electron chi connectivity index (χ1n) is 6.55. The summed E-state index contributed by atoms with van der Waals surface area (Å²) in [5, 5.41) is 0. The van der Waals surface area contributed by atoms with Gasteiger partial charge in [-0.25, -0.2) is 4.98 Å². The van der Waals surface area contributed by atoms with Crippen LogP contribution in [0.4, 0.5) is 19.0 Å². The molecule has 2 fully saturated rings. The van der Waals surface area contributed by atoms with E-state index in [0.717, 1.165) is 25.0 Å². The maximum Gasteiger partial charge on any atom is 0.416 e. The number of rotatable bonds is 1. The van der Waals surface area contributed by atoms with Crippen LogP contribution in [-0.2, 0) is 15.7 Å². The maximum absolute atomic E-state index is 12.7. The standard InChI is InChI=1S/C13H15F3N2O2/c14-13(15,16)10-2-4-17-11(8-10)18-5-1-3-12(9-18)19-6-7-20-12/h2,4,8H,1,3,5-7,9H2. The van der Waals surface area contributed by atoms with Crippen LogP contribution in [0.3, 0.4) is 0 Å². The lowest BCUT2D eigenvalue weighted by atomic mass is 10.0. The van der Waals surface area contributed by atoms with E-state index in [1.54, 1.807) is 4.90 Å². The first-order valence-corrected chi connectivity index (χ1v) is 6.55. The van der Waals surface area contributed by atoms with Crippen molar-refractivity contribution in [2.24, 2.45) is 0 Å². The molecule has 20 heavy (non-hydrogen) atoms. The van der Waals surface area contributed by atoms with Gasteiger partial charge in [0.25, 0.3) is 0 Å². The fourth-order valence-electron chi connectivity index (χ4n) is 2.68. The summed E-state index contributed by atoms with van der Waals surface area (Å²) in [6.45, 7) is 2.14. The lowest BCUT2D eigenvalue weighted by Crippen LogP contribution is -2.49. The number of aromatic nitrogens is 1. The molecule has 0 aromatic carbocycles. The molecule has 0 radical (unpaired) electrons. The van der Waals surface area contributed by atoms with Gasteiger partial charge in [-0.3, -0.25) is 0 Å². The molecule has 2 saturated heterocycles. The van der Waals surface area contributed by atoms with Crippen molar-refractivity contribution in [1.82, 2.24) is 4.98 Å². The van der Waals surface area contributed by atoms with Crippen molar-refractivity contribution in [3.05, 3.63) is 23.9 Å². The maximum atomic E-state index is 12.7. The molecule has 110 valence electrons. The van der Waals surface area contributed by atoms with Crippen molar-refractivity contribution in [2.75, 3.05) is 31.2 Å². The molecule has 2 aliphatic rings. The van der Waals surface area contributed by atoms with Crippen molar-refractivity contribution in [3.8, 4) is 0 Å². The van der Waals surface area contributed by atoms with Gasteiger partial charge in [-0.05, 0) is 18.6 Å². The van der Waals surface area contributed by atoms with Gasteiger partial charge >= 0.3 is 6.18 Å². The highest BCUT2D eigenvalue weighted by molar-refractivity contribution is 5.42. The van der Waals surface area contributed by atoms with Crippen LogP contribution in [-0.4, -0.2) is 37.1 Å². The molecule has 0 saturated carbocycles. The highest BCUT2D eigenvalue weighted by Gasteiger charge is 2.41. The normalized spacial score (nSPS) is 22.4. The van der Waals surface area contributed by atoms with Crippen molar-refractivity contribution in [2.45, 2.75) is 24.8 Å². The van der Waals surface area contributed by atoms with Crippen molar-refractivity contribution in [3.63, 3.8) is 0 Å². The Morgan fingerprint density at radius 3 is 2.70 bits per heavy atom. The van der Waals surface area contributed by atoms with E-state index in [0.29, 0.717) is 32.1 Å². The molecule has 1 aromatic rings. The number of anilines is 1. The van der Waals surface area contributed by atoms with Crippen molar-refractivity contribution in [1.29, 1.82) is 0 Å². The fourth-order valence-corrected chi connectivity index (χ4v) is 2.68. The molecule has 0 unspecified atom stereocenters. The van der Waals surface area contributed by atoms with Crippen LogP contribution >= 0.6 is 0 Å². The van der Waals surface area contributed by atoms with E-state index >= 15 is 0 Å². The zero-order valence-corrected chi connectivity index (χ0v) is 10.8. The summed E-state index contributed by atoms with van der Waals surface area (Å²) in [5.41, 5.74) is -0.685. The molecular formula is C13H15F3N2O2. The highest BCUT2D eigenvalue weighted by Crippen LogP contribution is 2.34. The summed E-state index contributed by atoms with van der Waals surface area (Å²) in [7, 11) is 0. The average Bonchev–Trinajstić information content (AvgIpc) is 2.86. The summed E-state index contributed by atoms with van der Waals surface area (Å²) in [6, 6.07) is 2.06. The second-order valence-electron chi connectivity index (χ2n) is 5.03. The second kappa shape index (κ2) is 4.89. The van der Waals surface area contributed by atoms with Crippen molar-refractivity contribution < 1.29 is 22.6 Å². The van der Waals surface area contributed by atoms with Gasteiger partial charge in [0.2, 0.25) is 0 Å². The predicted octanol–water partition coefficient (Wildman–Crippen LogP) is 2.44. The largest absolute Gasteiger partial charge is 0.416 e. The first-order chi connectivity index (χ1) is 9.49. The molecule has 1 aromatic heterocycles. The van der Waals surface area contributed by atoms with Gasteiger partial charge in [0, 0.05) is 19.2 Å². The first kappa shape index (κ1) is 13.6. The van der Waals surface area contributed by atoms with E-state index in [1.165, 1.54) is 6.20 Å². The summed E-state index contributed by atoms with van der Waals surface area (Å²) in [5.74, 6) is -0.355. The molecule has 7 heteroatoms. The smallest absolute Gasteiger partial charge is 0.351 e. The average molecular weight is 288 g/mol. The Labute approximate surface area is 114 Å². The number of halogens is 3. The van der Waals surface area contributed by atoms with Crippen LogP contribution in [0.25, 0.3) is 0 Å². The molecule has 3 rings (SSSR count). The number of pyridine rings is 1. The zero-order chi connectivity index (χ0) is 14.2. The van der Waals surface area contributed by atoms with Crippen LogP contribution in [0.15, 0.2) is 18.3 Å². The van der Waals surface area contributed by atoms with Crippen LogP contribution in [0.1, 0.15) is 18.4 Å². The molecule has 3 heterocycles. The number of hydrogen-bond donors (Lipinski definition) is 0. The highest BCUT2D eigenvalue weighted by atomic mass is 19.4.